The van der Waals surface area contributed by atoms with Gasteiger partial charge in [-0.15, -0.1) is 24.8 Å². The number of unbranched alkanes of at least 4 members (excludes halogenated alkanes) is 12. The van der Waals surface area contributed by atoms with Crippen LogP contribution in [0.4, 0.5) is 0 Å². The molecule has 14 heteroatoms. The van der Waals surface area contributed by atoms with Crippen LogP contribution in [-0.2, 0) is 32.2 Å². The minimum atomic E-state index is -0.510. The van der Waals surface area contributed by atoms with Gasteiger partial charge in [0.25, 0.3) is 0 Å². The summed E-state index contributed by atoms with van der Waals surface area (Å²) in [6, 6.07) is 19.8. The number of rotatable bonds is 26. The van der Waals surface area contributed by atoms with E-state index in [1.807, 2.05) is 60.7 Å². The number of hydrogen-bond acceptors (Lipinski definition) is 6. The smallest absolute Gasteiger partial charge is 0.224 e. The van der Waals surface area contributed by atoms with Crippen LogP contribution in [0.25, 0.3) is 0 Å². The Morgan fingerprint density at radius 2 is 0.949 bits per heavy atom. The number of amides is 2. The molecule has 330 valence electrons. The molecule has 1 saturated heterocycles. The van der Waals surface area contributed by atoms with Crippen molar-refractivity contribution in [3.63, 3.8) is 0 Å². The number of hydrogen-bond donors (Lipinski definition) is 6. The monoisotopic (exact) mass is 859 g/mol. The molecule has 2 aliphatic carbocycles. The summed E-state index contributed by atoms with van der Waals surface area (Å²) in [4.78, 5) is 36.5. The fraction of sp³-hybridized carbons (Fsp3) is 0.644. The van der Waals surface area contributed by atoms with E-state index in [1.165, 1.54) is 77.0 Å². The number of fused-ring (bicyclic) bond motifs is 5. The highest BCUT2D eigenvalue weighted by Gasteiger charge is 2.66. The molecule has 2 saturated carbocycles. The highest BCUT2D eigenvalue weighted by molar-refractivity contribution is 5.89. The number of nitrogens with one attached hydrogen (secondary N) is 4. The fourth-order valence-electron chi connectivity index (χ4n) is 8.84. The maximum atomic E-state index is 13.9. The molecule has 0 spiro atoms. The Labute approximate surface area is 365 Å². The first kappa shape index (κ1) is 49.8. The van der Waals surface area contributed by atoms with Gasteiger partial charge in [0.2, 0.25) is 11.8 Å². The van der Waals surface area contributed by atoms with Crippen molar-refractivity contribution in [3.8, 4) is 0 Å². The van der Waals surface area contributed by atoms with Crippen LogP contribution >= 0.6 is 24.8 Å². The van der Waals surface area contributed by atoms with E-state index in [0.717, 1.165) is 30.4 Å². The molecule has 2 aromatic carbocycles. The number of benzene rings is 2. The number of aliphatic imine (C=N–C) groups is 2. The van der Waals surface area contributed by atoms with Crippen LogP contribution in [0.5, 0.6) is 0 Å². The third-order valence-electron chi connectivity index (χ3n) is 11.8. The second-order valence-corrected chi connectivity index (χ2v) is 16.1. The first-order valence-corrected chi connectivity index (χ1v) is 22.0. The highest BCUT2D eigenvalue weighted by atomic mass is 35.5. The maximum absolute atomic E-state index is 13.9. The minimum Gasteiger partial charge on any atom is -0.370 e. The summed E-state index contributed by atoms with van der Waals surface area (Å²) in [6.45, 7) is 4.75. The number of guanidine groups is 2. The summed E-state index contributed by atoms with van der Waals surface area (Å²) in [7, 11) is 0. The van der Waals surface area contributed by atoms with Crippen LogP contribution < -0.4 is 32.7 Å². The first-order chi connectivity index (χ1) is 27.9. The van der Waals surface area contributed by atoms with E-state index in [1.54, 1.807) is 0 Å². The van der Waals surface area contributed by atoms with E-state index in [-0.39, 0.29) is 67.0 Å². The van der Waals surface area contributed by atoms with Gasteiger partial charge in [0.1, 0.15) is 0 Å². The molecule has 1 aliphatic heterocycles. The van der Waals surface area contributed by atoms with E-state index in [2.05, 4.69) is 38.2 Å². The number of halogens is 2. The molecule has 1 unspecified atom stereocenters. The zero-order chi connectivity index (χ0) is 40.1. The summed E-state index contributed by atoms with van der Waals surface area (Å²) < 4.78 is 13.0. The van der Waals surface area contributed by atoms with Gasteiger partial charge in [-0.1, -0.05) is 145 Å². The number of ether oxygens (including phenoxy) is 2. The Bertz CT molecular complexity index is 1440. The van der Waals surface area contributed by atoms with Crippen molar-refractivity contribution >= 4 is 48.5 Å². The summed E-state index contributed by atoms with van der Waals surface area (Å²) >= 11 is 0. The first-order valence-electron chi connectivity index (χ1n) is 22.0. The summed E-state index contributed by atoms with van der Waals surface area (Å²) in [5, 5.41) is 12.3. The van der Waals surface area contributed by atoms with E-state index in [4.69, 9.17) is 20.9 Å². The SMILES string of the molecule is CCCCCCCCCCCCCCCC1O[C@@H]2[C@@H]3C[C@H]([C@@H]2O1)[C@@H](C(=O)NCCNC(N)=NCc1ccccc1)[C@@H]3C(=O)NCCNC(N)=NCc1ccccc1.Cl.Cl. The van der Waals surface area contributed by atoms with Crippen molar-refractivity contribution in [3.05, 3.63) is 71.8 Å². The van der Waals surface area contributed by atoms with Crippen LogP contribution in [-0.4, -0.2) is 68.4 Å². The normalized spacial score (nSPS) is 23.2. The van der Waals surface area contributed by atoms with Gasteiger partial charge >= 0.3 is 0 Å². The van der Waals surface area contributed by atoms with Crippen LogP contribution in [0.1, 0.15) is 114 Å². The third-order valence-corrected chi connectivity index (χ3v) is 11.8. The van der Waals surface area contributed by atoms with Crippen LogP contribution in [0, 0.1) is 23.7 Å². The highest BCUT2D eigenvalue weighted by Crippen LogP contribution is 2.57. The van der Waals surface area contributed by atoms with Crippen LogP contribution in [0.15, 0.2) is 70.6 Å². The standard InChI is InChI=1S/C45H70N8O4.2ClH/c1-2-3-4-5-6-7-8-9-10-11-12-13-20-25-37-56-40-35-30-36(41(40)57-37)39(43(55)49-27-29-51-45(47)53-32-34-23-18-15-19-24-34)38(35)42(54)48-26-28-50-44(46)52-31-33-21-16-14-17-22-33;;/h14-19,21-24,35-41H,2-13,20,25-32H2,1H3,(H,48,54)(H,49,55)(H3,46,50,52)(H3,47,51,53);2*1H/t35-,36+,37?,38-,39-,40-,41+;;/m1../s1. The molecule has 7 atom stereocenters. The fourth-order valence-corrected chi connectivity index (χ4v) is 8.84. The lowest BCUT2D eigenvalue weighted by Gasteiger charge is -2.34. The second-order valence-electron chi connectivity index (χ2n) is 16.1. The lowest BCUT2D eigenvalue weighted by atomic mass is 9.75. The average Bonchev–Trinajstić information content (AvgIpc) is 3.93. The molecule has 3 aliphatic rings. The molecule has 0 radical (unpaired) electrons. The van der Waals surface area contributed by atoms with Gasteiger partial charge in [-0.2, -0.15) is 0 Å². The average molecular weight is 860 g/mol. The molecule has 1 heterocycles. The van der Waals surface area contributed by atoms with Gasteiger partial charge in [-0.3, -0.25) is 9.59 Å². The quantitative estimate of drug-likeness (QED) is 0.0342. The molecular formula is C45H72Cl2N8O4. The molecule has 0 aromatic heterocycles. The predicted molar refractivity (Wildman–Crippen MR) is 242 cm³/mol. The van der Waals surface area contributed by atoms with Gasteiger partial charge in [-0.25, -0.2) is 9.98 Å². The molecule has 12 nitrogen and oxygen atoms in total. The summed E-state index contributed by atoms with van der Waals surface area (Å²) in [5.74, 6) is -0.831. The Hall–Kier alpha value is -3.58. The topological polar surface area (TPSA) is 177 Å². The second kappa shape index (κ2) is 28.0. The van der Waals surface area contributed by atoms with Gasteiger partial charge in [0.15, 0.2) is 18.2 Å². The third kappa shape index (κ3) is 16.4. The largest absolute Gasteiger partial charge is 0.370 e. The van der Waals surface area contributed by atoms with E-state index >= 15 is 0 Å². The Kier molecular flexibility index (Phi) is 23.7. The molecular weight excluding hydrogens is 787 g/mol. The predicted octanol–water partition coefficient (Wildman–Crippen LogP) is 6.74. The number of carbonyl (C=O) groups excluding carboxylic acids is 2. The van der Waals surface area contributed by atoms with Gasteiger partial charge in [-0.05, 0) is 30.4 Å². The van der Waals surface area contributed by atoms with E-state index in [9.17, 15) is 9.59 Å². The van der Waals surface area contributed by atoms with Crippen molar-refractivity contribution in [1.82, 2.24) is 21.3 Å². The van der Waals surface area contributed by atoms with Crippen LogP contribution in [0.3, 0.4) is 0 Å². The van der Waals surface area contributed by atoms with Crippen molar-refractivity contribution in [1.29, 1.82) is 0 Å². The van der Waals surface area contributed by atoms with Crippen molar-refractivity contribution in [2.45, 2.75) is 135 Å². The molecule has 2 bridgehead atoms. The summed E-state index contributed by atoms with van der Waals surface area (Å²) in [5.41, 5.74) is 14.3. The van der Waals surface area contributed by atoms with Gasteiger partial charge in [0.05, 0.1) is 37.1 Å². The van der Waals surface area contributed by atoms with Gasteiger partial charge in [0, 0.05) is 38.0 Å². The van der Waals surface area contributed by atoms with Gasteiger partial charge < -0.3 is 42.2 Å². The Morgan fingerprint density at radius 3 is 1.36 bits per heavy atom. The van der Waals surface area contributed by atoms with Crippen molar-refractivity contribution < 1.29 is 19.1 Å². The minimum absolute atomic E-state index is 0. The Balaban J connectivity index is 0.00000465. The van der Waals surface area contributed by atoms with Crippen molar-refractivity contribution in [2.75, 3.05) is 26.2 Å². The van der Waals surface area contributed by atoms with Crippen molar-refractivity contribution in [2.24, 2.45) is 45.1 Å². The van der Waals surface area contributed by atoms with E-state index in [0.29, 0.717) is 51.2 Å². The molecule has 2 aromatic rings. The number of nitrogens with zero attached hydrogens (tertiary/aromatic N) is 2. The lowest BCUT2D eigenvalue weighted by Crippen LogP contribution is -2.53. The molecule has 5 rings (SSSR count). The molecule has 59 heavy (non-hydrogen) atoms. The number of carbonyl (C=O) groups is 2. The van der Waals surface area contributed by atoms with Crippen LogP contribution in [0.2, 0.25) is 0 Å². The zero-order valence-corrected chi connectivity index (χ0v) is 36.8. The summed E-state index contributed by atoms with van der Waals surface area (Å²) in [6.07, 6.45) is 18.0. The Morgan fingerprint density at radius 1 is 0.576 bits per heavy atom. The zero-order valence-electron chi connectivity index (χ0n) is 35.2. The molecule has 2 amide bonds. The lowest BCUT2D eigenvalue weighted by molar-refractivity contribution is -0.140. The van der Waals surface area contributed by atoms with E-state index < -0.39 is 11.8 Å². The number of nitrogens with two attached hydrogens (primary N) is 2. The molecule has 3 fully saturated rings. The maximum Gasteiger partial charge on any atom is 0.224 e. The molecule has 8 N–H and O–H groups in total.